The Morgan fingerprint density at radius 2 is 1.69 bits per heavy atom. The van der Waals surface area contributed by atoms with Crippen LogP contribution in [0.4, 0.5) is 0 Å². The fourth-order valence-corrected chi connectivity index (χ4v) is 3.08. The van der Waals surface area contributed by atoms with Gasteiger partial charge in [-0.1, -0.05) is 71.0 Å². The standard InChI is InChI=1S/C17H13Cl5N2O2/c1-2-15(10-4-3-9(18)5-11(10)19)23-24-17(25)8-26-16-7-13(21)12(20)6-14(16)22/h3-7H,2,8H2,1H3,(H,24,25)/b23-15-. The Hall–Kier alpha value is -1.17. The molecule has 0 fully saturated rings. The lowest BCUT2D eigenvalue weighted by atomic mass is 10.1. The highest BCUT2D eigenvalue weighted by Crippen LogP contribution is 2.33. The van der Waals surface area contributed by atoms with E-state index in [1.54, 1.807) is 18.2 Å². The Bertz CT molecular complexity index is 855. The summed E-state index contributed by atoms with van der Waals surface area (Å²) in [6, 6.07) is 7.93. The van der Waals surface area contributed by atoms with Crippen molar-refractivity contribution in [2.45, 2.75) is 13.3 Å². The highest BCUT2D eigenvalue weighted by Gasteiger charge is 2.11. The van der Waals surface area contributed by atoms with Gasteiger partial charge in [0.15, 0.2) is 6.61 Å². The monoisotopic (exact) mass is 452 g/mol. The van der Waals surface area contributed by atoms with Crippen LogP contribution in [0.15, 0.2) is 35.4 Å². The molecule has 0 bridgehead atoms. The van der Waals surface area contributed by atoms with E-state index in [4.69, 9.17) is 62.7 Å². The Kier molecular flexibility index (Phi) is 7.86. The van der Waals surface area contributed by atoms with Crippen LogP contribution in [0.3, 0.4) is 0 Å². The van der Waals surface area contributed by atoms with E-state index in [0.29, 0.717) is 32.8 Å². The van der Waals surface area contributed by atoms with Gasteiger partial charge in [0.1, 0.15) is 5.75 Å². The molecule has 0 heterocycles. The quantitative estimate of drug-likeness (QED) is 0.318. The minimum atomic E-state index is -0.469. The lowest BCUT2D eigenvalue weighted by molar-refractivity contribution is -0.123. The summed E-state index contributed by atoms with van der Waals surface area (Å²) >= 11 is 29.8. The molecular formula is C17H13Cl5N2O2. The average Bonchev–Trinajstić information content (AvgIpc) is 2.58. The third-order valence-electron chi connectivity index (χ3n) is 3.23. The molecule has 0 unspecified atom stereocenters. The predicted molar refractivity (Wildman–Crippen MR) is 108 cm³/mol. The van der Waals surface area contributed by atoms with E-state index in [9.17, 15) is 4.79 Å². The number of carbonyl (C=O) groups excluding carboxylic acids is 1. The molecule has 0 aliphatic rings. The number of rotatable bonds is 6. The van der Waals surface area contributed by atoms with Gasteiger partial charge in [0, 0.05) is 16.7 Å². The molecule has 0 saturated heterocycles. The summed E-state index contributed by atoms with van der Waals surface area (Å²) < 4.78 is 5.35. The molecule has 2 aromatic rings. The number of nitrogens with zero attached hydrogens (tertiary/aromatic N) is 1. The lowest BCUT2D eigenvalue weighted by Crippen LogP contribution is -2.26. The van der Waals surface area contributed by atoms with Crippen LogP contribution in [-0.2, 0) is 4.79 Å². The lowest BCUT2D eigenvalue weighted by Gasteiger charge is -2.10. The molecule has 1 amide bonds. The minimum Gasteiger partial charge on any atom is -0.482 e. The van der Waals surface area contributed by atoms with Crippen molar-refractivity contribution in [2.24, 2.45) is 5.10 Å². The molecule has 0 aromatic heterocycles. The fourth-order valence-electron chi connectivity index (χ4n) is 1.97. The van der Waals surface area contributed by atoms with Gasteiger partial charge < -0.3 is 4.74 Å². The minimum absolute atomic E-state index is 0.247. The number of hydrogen-bond donors (Lipinski definition) is 1. The molecular weight excluding hydrogens is 441 g/mol. The Balaban J connectivity index is 2.02. The zero-order chi connectivity index (χ0) is 19.3. The summed E-state index contributed by atoms with van der Waals surface area (Å²) in [6.45, 7) is 1.59. The van der Waals surface area contributed by atoms with Crippen molar-refractivity contribution < 1.29 is 9.53 Å². The molecule has 0 atom stereocenters. The van der Waals surface area contributed by atoms with Crippen LogP contribution in [0.25, 0.3) is 0 Å². The topological polar surface area (TPSA) is 50.7 Å². The van der Waals surface area contributed by atoms with Crippen LogP contribution in [-0.4, -0.2) is 18.2 Å². The highest BCUT2D eigenvalue weighted by atomic mass is 35.5. The number of hydrogen-bond acceptors (Lipinski definition) is 3. The fraction of sp³-hybridized carbons (Fsp3) is 0.176. The smallest absolute Gasteiger partial charge is 0.277 e. The zero-order valence-corrected chi connectivity index (χ0v) is 17.2. The second-order valence-electron chi connectivity index (χ2n) is 5.06. The van der Waals surface area contributed by atoms with Crippen LogP contribution < -0.4 is 10.2 Å². The van der Waals surface area contributed by atoms with Crippen LogP contribution in [0.5, 0.6) is 5.75 Å². The number of ether oxygens (including phenoxy) is 1. The highest BCUT2D eigenvalue weighted by molar-refractivity contribution is 6.43. The Labute approximate surface area is 176 Å². The molecule has 0 aliphatic heterocycles. The van der Waals surface area contributed by atoms with Crippen molar-refractivity contribution >= 4 is 69.6 Å². The van der Waals surface area contributed by atoms with E-state index in [2.05, 4.69) is 10.5 Å². The summed E-state index contributed by atoms with van der Waals surface area (Å²) in [6.07, 6.45) is 0.557. The largest absolute Gasteiger partial charge is 0.482 e. The van der Waals surface area contributed by atoms with Gasteiger partial charge in [0.05, 0.1) is 25.8 Å². The van der Waals surface area contributed by atoms with Crippen molar-refractivity contribution in [1.29, 1.82) is 0 Å². The molecule has 138 valence electrons. The van der Waals surface area contributed by atoms with Crippen molar-refractivity contribution in [2.75, 3.05) is 6.61 Å². The number of hydrazone groups is 1. The first-order valence-corrected chi connectivity index (χ1v) is 9.29. The number of amides is 1. The Morgan fingerprint density at radius 3 is 2.35 bits per heavy atom. The van der Waals surface area contributed by atoms with E-state index < -0.39 is 5.91 Å². The predicted octanol–water partition coefficient (Wildman–Crippen LogP) is 6.26. The summed E-state index contributed by atoms with van der Waals surface area (Å²) in [7, 11) is 0. The molecule has 0 spiro atoms. The van der Waals surface area contributed by atoms with Gasteiger partial charge in [-0.2, -0.15) is 5.10 Å². The molecule has 0 saturated carbocycles. The maximum atomic E-state index is 12.0. The molecule has 26 heavy (non-hydrogen) atoms. The number of nitrogens with one attached hydrogen (secondary N) is 1. The van der Waals surface area contributed by atoms with Gasteiger partial charge in [-0.3, -0.25) is 4.79 Å². The third-order valence-corrected chi connectivity index (χ3v) is 4.79. The molecule has 2 aromatic carbocycles. The zero-order valence-electron chi connectivity index (χ0n) is 13.5. The van der Waals surface area contributed by atoms with E-state index in [-0.39, 0.29) is 22.4 Å². The molecule has 9 heteroatoms. The van der Waals surface area contributed by atoms with Crippen molar-refractivity contribution in [3.8, 4) is 5.75 Å². The Morgan fingerprint density at radius 1 is 1.00 bits per heavy atom. The SMILES string of the molecule is CC/C(=N/NC(=O)COc1cc(Cl)c(Cl)cc1Cl)c1ccc(Cl)cc1Cl. The first kappa shape index (κ1) is 21.1. The molecule has 0 radical (unpaired) electrons. The van der Waals surface area contributed by atoms with Crippen molar-refractivity contribution in [3.63, 3.8) is 0 Å². The van der Waals surface area contributed by atoms with Crippen molar-refractivity contribution in [3.05, 3.63) is 61.0 Å². The summed E-state index contributed by atoms with van der Waals surface area (Å²) in [4.78, 5) is 12.0. The summed E-state index contributed by atoms with van der Waals surface area (Å²) in [5.74, 6) is -0.222. The maximum Gasteiger partial charge on any atom is 0.277 e. The normalized spacial score (nSPS) is 11.4. The van der Waals surface area contributed by atoms with Crippen LogP contribution >= 0.6 is 58.0 Å². The van der Waals surface area contributed by atoms with Gasteiger partial charge in [-0.05, 0) is 24.6 Å². The van der Waals surface area contributed by atoms with Gasteiger partial charge in [0.2, 0.25) is 0 Å². The van der Waals surface area contributed by atoms with E-state index in [1.807, 2.05) is 6.92 Å². The number of carbonyl (C=O) groups is 1. The maximum absolute atomic E-state index is 12.0. The first-order valence-electron chi connectivity index (χ1n) is 7.40. The van der Waals surface area contributed by atoms with Crippen LogP contribution in [0.1, 0.15) is 18.9 Å². The van der Waals surface area contributed by atoms with Gasteiger partial charge in [0.25, 0.3) is 5.91 Å². The average molecular weight is 455 g/mol. The third kappa shape index (κ3) is 5.66. The van der Waals surface area contributed by atoms with Gasteiger partial charge >= 0.3 is 0 Å². The van der Waals surface area contributed by atoms with Crippen LogP contribution in [0, 0.1) is 0 Å². The molecule has 4 nitrogen and oxygen atoms in total. The number of halogens is 5. The molecule has 2 rings (SSSR count). The summed E-state index contributed by atoms with van der Waals surface area (Å²) in [5.41, 5.74) is 3.71. The van der Waals surface area contributed by atoms with E-state index in [0.717, 1.165) is 0 Å². The van der Waals surface area contributed by atoms with Crippen molar-refractivity contribution in [1.82, 2.24) is 5.43 Å². The summed E-state index contributed by atoms with van der Waals surface area (Å²) in [5, 5.41) is 5.89. The second kappa shape index (κ2) is 9.67. The molecule has 0 aliphatic carbocycles. The van der Waals surface area contributed by atoms with E-state index >= 15 is 0 Å². The number of benzene rings is 2. The van der Waals surface area contributed by atoms with E-state index in [1.165, 1.54) is 12.1 Å². The van der Waals surface area contributed by atoms with Gasteiger partial charge in [-0.15, -0.1) is 0 Å². The van der Waals surface area contributed by atoms with Gasteiger partial charge in [-0.25, -0.2) is 5.43 Å². The second-order valence-corrected chi connectivity index (χ2v) is 7.12. The first-order chi connectivity index (χ1) is 12.3. The van der Waals surface area contributed by atoms with Crippen LogP contribution in [0.2, 0.25) is 25.1 Å². The molecule has 1 N–H and O–H groups in total.